The highest BCUT2D eigenvalue weighted by Gasteiger charge is 2.28. The number of rotatable bonds is 4. The summed E-state index contributed by atoms with van der Waals surface area (Å²) in [6.07, 6.45) is 5.40. The van der Waals surface area contributed by atoms with Crippen molar-refractivity contribution in [3.63, 3.8) is 0 Å². The smallest absolute Gasteiger partial charge is 0.211 e. The van der Waals surface area contributed by atoms with Crippen molar-refractivity contribution in [1.29, 1.82) is 0 Å². The van der Waals surface area contributed by atoms with Crippen molar-refractivity contribution in [2.45, 2.75) is 31.7 Å². The summed E-state index contributed by atoms with van der Waals surface area (Å²) in [5, 5.41) is 3.07. The molecular formula is C9H20N2O2S. The molecule has 1 rings (SSSR count). The summed E-state index contributed by atoms with van der Waals surface area (Å²) in [6.45, 7) is 1.59. The van der Waals surface area contributed by atoms with E-state index in [1.54, 1.807) is 4.31 Å². The van der Waals surface area contributed by atoms with E-state index in [0.29, 0.717) is 6.54 Å². The van der Waals surface area contributed by atoms with E-state index in [2.05, 4.69) is 5.32 Å². The molecule has 4 nitrogen and oxygen atoms in total. The maximum absolute atomic E-state index is 11.5. The Kier molecular flexibility index (Phi) is 4.34. The van der Waals surface area contributed by atoms with Gasteiger partial charge in [0.05, 0.1) is 6.26 Å². The first kappa shape index (κ1) is 11.9. The Bertz CT molecular complexity index is 264. The predicted molar refractivity (Wildman–Crippen MR) is 57.7 cm³/mol. The van der Waals surface area contributed by atoms with Crippen molar-refractivity contribution < 1.29 is 8.42 Å². The molecule has 0 aliphatic carbocycles. The molecule has 84 valence electrons. The van der Waals surface area contributed by atoms with Gasteiger partial charge in [0, 0.05) is 12.6 Å². The van der Waals surface area contributed by atoms with Crippen LogP contribution in [0.3, 0.4) is 0 Å². The van der Waals surface area contributed by atoms with E-state index in [9.17, 15) is 8.42 Å². The van der Waals surface area contributed by atoms with Crippen LogP contribution in [-0.4, -0.2) is 45.2 Å². The van der Waals surface area contributed by atoms with Crippen LogP contribution >= 0.6 is 0 Å². The summed E-state index contributed by atoms with van der Waals surface area (Å²) < 4.78 is 24.6. The molecule has 1 aliphatic rings. The first-order valence-electron chi connectivity index (χ1n) is 5.17. The summed E-state index contributed by atoms with van der Waals surface area (Å²) >= 11 is 0. The van der Waals surface area contributed by atoms with E-state index in [4.69, 9.17) is 0 Å². The van der Waals surface area contributed by atoms with Gasteiger partial charge in [-0.1, -0.05) is 6.42 Å². The minimum absolute atomic E-state index is 0.214. The van der Waals surface area contributed by atoms with E-state index in [-0.39, 0.29) is 6.04 Å². The van der Waals surface area contributed by atoms with Crippen LogP contribution in [0, 0.1) is 0 Å². The number of nitrogens with one attached hydrogen (secondary N) is 1. The molecule has 0 saturated carbocycles. The molecule has 1 heterocycles. The van der Waals surface area contributed by atoms with Crippen molar-refractivity contribution in [3.05, 3.63) is 0 Å². The average molecular weight is 220 g/mol. The van der Waals surface area contributed by atoms with Crippen LogP contribution in [0.1, 0.15) is 25.7 Å². The second-order valence-electron chi connectivity index (χ2n) is 3.92. The second-order valence-corrected chi connectivity index (χ2v) is 5.85. The second kappa shape index (κ2) is 5.09. The van der Waals surface area contributed by atoms with Gasteiger partial charge in [-0.25, -0.2) is 8.42 Å². The lowest BCUT2D eigenvalue weighted by atomic mass is 10.0. The molecule has 1 atom stereocenters. The van der Waals surface area contributed by atoms with Gasteiger partial charge in [0.25, 0.3) is 0 Å². The fourth-order valence-corrected chi connectivity index (χ4v) is 3.22. The number of hydrogen-bond acceptors (Lipinski definition) is 3. The summed E-state index contributed by atoms with van der Waals surface area (Å²) in [5.74, 6) is 0. The van der Waals surface area contributed by atoms with Crippen molar-refractivity contribution in [1.82, 2.24) is 9.62 Å². The third kappa shape index (κ3) is 3.22. The molecule has 14 heavy (non-hydrogen) atoms. The van der Waals surface area contributed by atoms with Gasteiger partial charge in [0.15, 0.2) is 0 Å². The molecule has 1 unspecified atom stereocenters. The van der Waals surface area contributed by atoms with Crippen molar-refractivity contribution in [2.75, 3.05) is 26.4 Å². The highest BCUT2D eigenvalue weighted by Crippen LogP contribution is 2.21. The van der Waals surface area contributed by atoms with Crippen LogP contribution in [0.25, 0.3) is 0 Å². The van der Waals surface area contributed by atoms with Gasteiger partial charge < -0.3 is 5.32 Å². The largest absolute Gasteiger partial charge is 0.320 e. The van der Waals surface area contributed by atoms with Crippen LogP contribution < -0.4 is 5.32 Å². The fraction of sp³-hybridized carbons (Fsp3) is 1.00. The van der Waals surface area contributed by atoms with Gasteiger partial charge in [-0.2, -0.15) is 4.31 Å². The summed E-state index contributed by atoms with van der Waals surface area (Å²) in [6, 6.07) is 0.214. The molecule has 0 aromatic carbocycles. The lowest BCUT2D eigenvalue weighted by Crippen LogP contribution is -2.44. The zero-order valence-corrected chi connectivity index (χ0v) is 9.81. The molecule has 0 spiro atoms. The van der Waals surface area contributed by atoms with E-state index in [1.807, 2.05) is 7.05 Å². The Morgan fingerprint density at radius 1 is 1.43 bits per heavy atom. The zero-order valence-electron chi connectivity index (χ0n) is 8.99. The lowest BCUT2D eigenvalue weighted by molar-refractivity contribution is 0.242. The van der Waals surface area contributed by atoms with E-state index >= 15 is 0 Å². The minimum Gasteiger partial charge on any atom is -0.320 e. The van der Waals surface area contributed by atoms with E-state index in [1.165, 1.54) is 6.26 Å². The normalized spacial score (nSPS) is 25.1. The van der Waals surface area contributed by atoms with Gasteiger partial charge >= 0.3 is 0 Å². The topological polar surface area (TPSA) is 49.4 Å². The van der Waals surface area contributed by atoms with E-state index in [0.717, 1.165) is 32.2 Å². The third-order valence-electron chi connectivity index (χ3n) is 2.73. The number of nitrogens with zero attached hydrogens (tertiary/aromatic N) is 1. The number of hydrogen-bond donors (Lipinski definition) is 1. The molecule has 0 amide bonds. The highest BCUT2D eigenvalue weighted by atomic mass is 32.2. The SMILES string of the molecule is CNCCC1CCCCN1S(C)(=O)=O. The maximum atomic E-state index is 11.5. The maximum Gasteiger partial charge on any atom is 0.211 e. The summed E-state index contributed by atoms with van der Waals surface area (Å²) in [7, 11) is -1.10. The van der Waals surface area contributed by atoms with Crippen LogP contribution in [0.15, 0.2) is 0 Å². The Hall–Kier alpha value is -0.130. The standard InChI is InChI=1S/C9H20N2O2S/c1-10-7-6-9-5-3-4-8-11(9)14(2,12)13/h9-10H,3-8H2,1-2H3. The Morgan fingerprint density at radius 2 is 2.14 bits per heavy atom. The molecule has 0 aromatic heterocycles. The summed E-state index contributed by atoms with van der Waals surface area (Å²) in [5.41, 5.74) is 0. The van der Waals surface area contributed by atoms with Crippen LogP contribution in [0.4, 0.5) is 0 Å². The molecular weight excluding hydrogens is 200 g/mol. The van der Waals surface area contributed by atoms with Gasteiger partial charge in [0.1, 0.15) is 0 Å². The van der Waals surface area contributed by atoms with Crippen LogP contribution in [0.5, 0.6) is 0 Å². The molecule has 1 N–H and O–H groups in total. The van der Waals surface area contributed by atoms with Crippen LogP contribution in [-0.2, 0) is 10.0 Å². The number of sulfonamides is 1. The van der Waals surface area contributed by atoms with Gasteiger partial charge in [-0.3, -0.25) is 0 Å². The molecule has 1 saturated heterocycles. The molecule has 0 aromatic rings. The predicted octanol–water partition coefficient (Wildman–Crippen LogP) is 0.410. The monoisotopic (exact) mass is 220 g/mol. The third-order valence-corrected chi connectivity index (χ3v) is 4.06. The highest BCUT2D eigenvalue weighted by molar-refractivity contribution is 7.88. The Morgan fingerprint density at radius 3 is 2.71 bits per heavy atom. The minimum atomic E-state index is -3.00. The molecule has 1 fully saturated rings. The Balaban J connectivity index is 2.60. The zero-order chi connectivity index (χ0) is 10.6. The van der Waals surface area contributed by atoms with Crippen molar-refractivity contribution in [3.8, 4) is 0 Å². The quantitative estimate of drug-likeness (QED) is 0.746. The molecule has 1 aliphatic heterocycles. The lowest BCUT2D eigenvalue weighted by Gasteiger charge is -2.33. The van der Waals surface area contributed by atoms with Crippen LogP contribution in [0.2, 0.25) is 0 Å². The fourth-order valence-electron chi connectivity index (χ4n) is 2.01. The van der Waals surface area contributed by atoms with E-state index < -0.39 is 10.0 Å². The number of piperidine rings is 1. The van der Waals surface area contributed by atoms with Gasteiger partial charge in [-0.05, 0) is 32.9 Å². The molecule has 0 radical (unpaired) electrons. The molecule has 5 heteroatoms. The molecule has 0 bridgehead atoms. The average Bonchev–Trinajstić information content (AvgIpc) is 2.14. The van der Waals surface area contributed by atoms with Gasteiger partial charge in [-0.15, -0.1) is 0 Å². The van der Waals surface area contributed by atoms with Crippen molar-refractivity contribution in [2.24, 2.45) is 0 Å². The van der Waals surface area contributed by atoms with Crippen molar-refractivity contribution >= 4 is 10.0 Å². The summed E-state index contributed by atoms with van der Waals surface area (Å²) in [4.78, 5) is 0. The van der Waals surface area contributed by atoms with Gasteiger partial charge in [0.2, 0.25) is 10.0 Å². The first-order valence-corrected chi connectivity index (χ1v) is 7.02. The Labute approximate surface area is 86.7 Å². The first-order chi connectivity index (χ1) is 6.55.